The first kappa shape index (κ1) is 24.7. The first-order chi connectivity index (χ1) is 16.7. The zero-order chi connectivity index (χ0) is 23.6. The second kappa shape index (κ2) is 12.9. The lowest BCUT2D eigenvalue weighted by Gasteiger charge is -2.28. The number of hydrogen-bond donors (Lipinski definition) is 1. The van der Waals surface area contributed by atoms with Crippen molar-refractivity contribution in [3.63, 3.8) is 0 Å². The number of hydrogen-bond acceptors (Lipinski definition) is 4. The summed E-state index contributed by atoms with van der Waals surface area (Å²) in [6.07, 6.45) is 13.7. The number of ether oxygens (including phenoxy) is 1. The van der Waals surface area contributed by atoms with Gasteiger partial charge in [-0.1, -0.05) is 43.9 Å². The minimum atomic E-state index is 0.0695. The molecule has 0 radical (unpaired) electrons. The molecule has 1 aliphatic heterocycles. The van der Waals surface area contributed by atoms with E-state index in [0.717, 1.165) is 42.1 Å². The van der Waals surface area contributed by atoms with E-state index in [-0.39, 0.29) is 11.9 Å². The van der Waals surface area contributed by atoms with Crippen LogP contribution >= 0.6 is 0 Å². The van der Waals surface area contributed by atoms with Crippen LogP contribution in [0.25, 0.3) is 11.1 Å². The maximum absolute atomic E-state index is 12.5. The van der Waals surface area contributed by atoms with Gasteiger partial charge in [-0.25, -0.2) is 0 Å². The predicted octanol–water partition coefficient (Wildman–Crippen LogP) is 5.63. The molecule has 0 spiro atoms. The van der Waals surface area contributed by atoms with Crippen LogP contribution in [-0.4, -0.2) is 48.1 Å². The van der Waals surface area contributed by atoms with Crippen LogP contribution in [0.1, 0.15) is 70.4 Å². The summed E-state index contributed by atoms with van der Waals surface area (Å²) in [5.41, 5.74) is 2.97. The highest BCUT2D eigenvalue weighted by Crippen LogP contribution is 2.26. The van der Waals surface area contributed by atoms with Gasteiger partial charge in [0, 0.05) is 30.0 Å². The lowest BCUT2D eigenvalue weighted by atomic mass is 9.84. The van der Waals surface area contributed by atoms with Crippen LogP contribution in [0, 0.1) is 5.92 Å². The van der Waals surface area contributed by atoms with Gasteiger partial charge in [0.2, 0.25) is 5.91 Å². The molecular weight excluding hydrogens is 422 g/mol. The molecule has 4 rings (SSSR count). The van der Waals surface area contributed by atoms with Crippen molar-refractivity contribution in [2.24, 2.45) is 5.92 Å². The number of carbonyl (C=O) groups is 1. The van der Waals surface area contributed by atoms with Crippen molar-refractivity contribution in [1.82, 2.24) is 15.2 Å². The van der Waals surface area contributed by atoms with Crippen LogP contribution in [0.5, 0.6) is 5.75 Å². The van der Waals surface area contributed by atoms with E-state index in [1.807, 2.05) is 24.4 Å². The molecular formula is C29H41N3O2. The van der Waals surface area contributed by atoms with Crippen LogP contribution in [0.3, 0.4) is 0 Å². The van der Waals surface area contributed by atoms with Crippen LogP contribution in [0.4, 0.5) is 0 Å². The van der Waals surface area contributed by atoms with Gasteiger partial charge in [0.05, 0.1) is 13.0 Å². The van der Waals surface area contributed by atoms with Crippen molar-refractivity contribution in [3.05, 3.63) is 48.3 Å². The molecule has 1 aliphatic carbocycles. The summed E-state index contributed by atoms with van der Waals surface area (Å²) < 4.78 is 5.94. The van der Waals surface area contributed by atoms with Crippen LogP contribution in [0.15, 0.2) is 42.6 Å². The van der Waals surface area contributed by atoms with Crippen molar-refractivity contribution < 1.29 is 9.53 Å². The lowest BCUT2D eigenvalue weighted by Crippen LogP contribution is -2.39. The smallest absolute Gasteiger partial charge is 0.226 e. The first-order valence-corrected chi connectivity index (χ1v) is 13.4. The Morgan fingerprint density at radius 2 is 1.71 bits per heavy atom. The largest absolute Gasteiger partial charge is 0.494 e. The standard InChI is InChI=1S/C29H41N3O2/c1-23(24-9-4-2-5-10-24)31-29(33)21-27-14-11-26(22-30-27)25-12-15-28(16-13-25)34-20-8-19-32-17-6-3-7-18-32/h11-16,22-24H,2-10,17-21H2,1H3,(H,31,33)/t23-/m1/s1. The topological polar surface area (TPSA) is 54.5 Å². The van der Waals surface area contributed by atoms with Gasteiger partial charge in [0.1, 0.15) is 5.75 Å². The molecule has 1 saturated heterocycles. The van der Waals surface area contributed by atoms with E-state index in [9.17, 15) is 4.79 Å². The Morgan fingerprint density at radius 3 is 2.41 bits per heavy atom. The number of piperidine rings is 1. The second-order valence-corrected chi connectivity index (χ2v) is 10.1. The summed E-state index contributed by atoms with van der Waals surface area (Å²) >= 11 is 0. The third kappa shape index (κ3) is 7.56. The van der Waals surface area contributed by atoms with Gasteiger partial charge in [-0.05, 0) is 81.8 Å². The molecule has 1 saturated carbocycles. The Balaban J connectivity index is 1.20. The number of rotatable bonds is 10. The Kier molecular flexibility index (Phi) is 9.37. The molecule has 2 aliphatic rings. The summed E-state index contributed by atoms with van der Waals surface area (Å²) in [4.78, 5) is 19.6. The minimum absolute atomic E-state index is 0.0695. The van der Waals surface area contributed by atoms with Crippen LogP contribution < -0.4 is 10.1 Å². The molecule has 1 amide bonds. The average molecular weight is 464 g/mol. The Morgan fingerprint density at radius 1 is 1.00 bits per heavy atom. The number of pyridine rings is 1. The van der Waals surface area contributed by atoms with Gasteiger partial charge in [-0.3, -0.25) is 9.78 Å². The van der Waals surface area contributed by atoms with Gasteiger partial charge < -0.3 is 15.0 Å². The molecule has 1 aromatic carbocycles. The molecule has 2 fully saturated rings. The quantitative estimate of drug-likeness (QED) is 0.464. The van der Waals surface area contributed by atoms with E-state index in [4.69, 9.17) is 4.74 Å². The van der Waals surface area contributed by atoms with Crippen molar-refractivity contribution in [2.45, 2.75) is 77.2 Å². The zero-order valence-corrected chi connectivity index (χ0v) is 20.8. The highest BCUT2D eigenvalue weighted by molar-refractivity contribution is 5.78. The van der Waals surface area contributed by atoms with Crippen molar-refractivity contribution in [1.29, 1.82) is 0 Å². The first-order valence-electron chi connectivity index (χ1n) is 13.4. The molecule has 1 aromatic heterocycles. The normalized spacial score (nSPS) is 18.4. The molecule has 0 bridgehead atoms. The summed E-state index contributed by atoms with van der Waals surface area (Å²) in [7, 11) is 0. The van der Waals surface area contributed by atoms with Crippen molar-refractivity contribution in [2.75, 3.05) is 26.2 Å². The van der Waals surface area contributed by atoms with Crippen molar-refractivity contribution in [3.8, 4) is 16.9 Å². The number of benzene rings is 1. The predicted molar refractivity (Wildman–Crippen MR) is 138 cm³/mol. The molecule has 34 heavy (non-hydrogen) atoms. The van der Waals surface area contributed by atoms with E-state index >= 15 is 0 Å². The molecule has 1 atom stereocenters. The fourth-order valence-corrected chi connectivity index (χ4v) is 5.33. The van der Waals surface area contributed by atoms with Gasteiger partial charge in [0.15, 0.2) is 0 Å². The van der Waals surface area contributed by atoms with E-state index in [0.29, 0.717) is 12.3 Å². The fourth-order valence-electron chi connectivity index (χ4n) is 5.33. The van der Waals surface area contributed by atoms with Gasteiger partial charge in [-0.15, -0.1) is 0 Å². The highest BCUT2D eigenvalue weighted by Gasteiger charge is 2.21. The maximum atomic E-state index is 12.5. The summed E-state index contributed by atoms with van der Waals surface area (Å²) in [5.74, 6) is 1.60. The van der Waals surface area contributed by atoms with Crippen LogP contribution in [-0.2, 0) is 11.2 Å². The Bertz CT molecular complexity index is 869. The molecule has 184 valence electrons. The van der Waals surface area contributed by atoms with E-state index in [1.165, 1.54) is 64.5 Å². The molecule has 2 heterocycles. The maximum Gasteiger partial charge on any atom is 0.226 e. The van der Waals surface area contributed by atoms with Crippen LogP contribution in [0.2, 0.25) is 0 Å². The van der Waals surface area contributed by atoms with E-state index in [1.54, 1.807) is 0 Å². The number of aromatic nitrogens is 1. The van der Waals surface area contributed by atoms with Gasteiger partial charge in [0.25, 0.3) is 0 Å². The zero-order valence-electron chi connectivity index (χ0n) is 20.8. The number of nitrogens with zero attached hydrogens (tertiary/aromatic N) is 2. The Labute approximate surface area is 205 Å². The molecule has 5 heteroatoms. The highest BCUT2D eigenvalue weighted by atomic mass is 16.5. The molecule has 5 nitrogen and oxygen atoms in total. The molecule has 1 N–H and O–H groups in total. The minimum Gasteiger partial charge on any atom is -0.494 e. The number of carbonyl (C=O) groups excluding carboxylic acids is 1. The third-order valence-corrected chi connectivity index (χ3v) is 7.44. The average Bonchev–Trinajstić information content (AvgIpc) is 2.88. The third-order valence-electron chi connectivity index (χ3n) is 7.44. The van der Waals surface area contributed by atoms with E-state index < -0.39 is 0 Å². The SMILES string of the molecule is C[C@@H](NC(=O)Cc1ccc(-c2ccc(OCCCN3CCCCC3)cc2)cn1)C1CCCCC1. The second-order valence-electron chi connectivity index (χ2n) is 10.1. The van der Waals surface area contributed by atoms with Gasteiger partial charge >= 0.3 is 0 Å². The summed E-state index contributed by atoms with van der Waals surface area (Å²) in [5, 5.41) is 3.19. The van der Waals surface area contributed by atoms with Gasteiger partial charge in [-0.2, -0.15) is 0 Å². The van der Waals surface area contributed by atoms with E-state index in [2.05, 4.69) is 40.3 Å². The number of nitrogens with one attached hydrogen (secondary N) is 1. The molecule has 2 aromatic rings. The summed E-state index contributed by atoms with van der Waals surface area (Å²) in [6.45, 7) is 6.52. The molecule has 0 unspecified atom stereocenters. The Hall–Kier alpha value is -2.40. The number of likely N-dealkylation sites (tertiary alicyclic amines) is 1. The lowest BCUT2D eigenvalue weighted by molar-refractivity contribution is -0.121. The summed E-state index contributed by atoms with van der Waals surface area (Å²) in [6, 6.07) is 12.5. The number of amides is 1. The van der Waals surface area contributed by atoms with Crippen molar-refractivity contribution >= 4 is 5.91 Å². The monoisotopic (exact) mass is 463 g/mol. The fraction of sp³-hybridized carbons (Fsp3) is 0.586.